The summed E-state index contributed by atoms with van der Waals surface area (Å²) in [6.07, 6.45) is 3.23. The lowest BCUT2D eigenvalue weighted by atomic mass is 10.3. The summed E-state index contributed by atoms with van der Waals surface area (Å²) < 4.78 is 1.90. The first kappa shape index (κ1) is 12.1. The Morgan fingerprint density at radius 1 is 1.38 bits per heavy atom. The SMILES string of the molecule is Clc1ccc(Br)cc1Nc1ncncc1I. The first-order valence-electron chi connectivity index (χ1n) is 4.34. The van der Waals surface area contributed by atoms with Crippen LogP contribution in [0.2, 0.25) is 5.02 Å². The molecule has 6 heteroatoms. The lowest BCUT2D eigenvalue weighted by molar-refractivity contribution is 1.15. The molecular formula is C10H6BrClIN3. The van der Waals surface area contributed by atoms with Crippen LogP contribution in [0.25, 0.3) is 0 Å². The highest BCUT2D eigenvalue weighted by Gasteiger charge is 2.05. The van der Waals surface area contributed by atoms with E-state index in [4.69, 9.17) is 11.6 Å². The summed E-state index contributed by atoms with van der Waals surface area (Å²) in [5.74, 6) is 0.746. The highest BCUT2D eigenvalue weighted by molar-refractivity contribution is 14.1. The molecule has 16 heavy (non-hydrogen) atoms. The Morgan fingerprint density at radius 2 is 2.19 bits per heavy atom. The van der Waals surface area contributed by atoms with E-state index in [2.05, 4.69) is 53.8 Å². The number of aromatic nitrogens is 2. The fraction of sp³-hybridized carbons (Fsp3) is 0. The average molecular weight is 410 g/mol. The number of rotatable bonds is 2. The molecule has 2 aromatic rings. The molecule has 1 aromatic carbocycles. The molecular weight excluding hydrogens is 404 g/mol. The molecule has 1 N–H and O–H groups in total. The van der Waals surface area contributed by atoms with Gasteiger partial charge in [0.2, 0.25) is 0 Å². The maximum atomic E-state index is 6.07. The maximum Gasteiger partial charge on any atom is 0.147 e. The summed E-state index contributed by atoms with van der Waals surface area (Å²) in [6.45, 7) is 0. The lowest BCUT2D eigenvalue weighted by Gasteiger charge is -2.08. The van der Waals surface area contributed by atoms with Crippen LogP contribution >= 0.6 is 50.1 Å². The normalized spacial score (nSPS) is 10.2. The number of anilines is 2. The van der Waals surface area contributed by atoms with Gasteiger partial charge in [0.15, 0.2) is 0 Å². The van der Waals surface area contributed by atoms with Crippen molar-refractivity contribution in [3.05, 3.63) is 43.8 Å². The molecule has 0 saturated heterocycles. The molecule has 0 aliphatic rings. The Kier molecular flexibility index (Phi) is 3.99. The van der Waals surface area contributed by atoms with Gasteiger partial charge in [-0.25, -0.2) is 9.97 Å². The Labute approximate surface area is 120 Å². The molecule has 0 spiro atoms. The monoisotopic (exact) mass is 409 g/mol. The third kappa shape index (κ3) is 2.83. The third-order valence-corrected chi connectivity index (χ3v) is 3.46. The molecule has 0 aliphatic carbocycles. The summed E-state index contributed by atoms with van der Waals surface area (Å²) >= 11 is 11.6. The van der Waals surface area contributed by atoms with E-state index in [9.17, 15) is 0 Å². The van der Waals surface area contributed by atoms with Crippen molar-refractivity contribution in [3.63, 3.8) is 0 Å². The number of benzene rings is 1. The topological polar surface area (TPSA) is 37.8 Å². The Balaban J connectivity index is 2.34. The van der Waals surface area contributed by atoms with Gasteiger partial charge in [-0.05, 0) is 40.8 Å². The van der Waals surface area contributed by atoms with E-state index in [1.807, 2.05) is 18.2 Å². The van der Waals surface area contributed by atoms with Gasteiger partial charge >= 0.3 is 0 Å². The van der Waals surface area contributed by atoms with Crippen molar-refractivity contribution in [2.24, 2.45) is 0 Å². The van der Waals surface area contributed by atoms with Gasteiger partial charge in [0.05, 0.1) is 14.3 Å². The van der Waals surface area contributed by atoms with Crippen LogP contribution in [0.15, 0.2) is 35.2 Å². The predicted molar refractivity (Wildman–Crippen MR) is 77.2 cm³/mol. The van der Waals surface area contributed by atoms with E-state index >= 15 is 0 Å². The maximum absolute atomic E-state index is 6.07. The number of hydrogen-bond acceptors (Lipinski definition) is 3. The zero-order valence-corrected chi connectivity index (χ0v) is 12.4. The van der Waals surface area contributed by atoms with Crippen LogP contribution in [0.4, 0.5) is 11.5 Å². The molecule has 0 radical (unpaired) electrons. The minimum atomic E-state index is 0.651. The molecule has 3 nitrogen and oxygen atoms in total. The first-order valence-corrected chi connectivity index (χ1v) is 6.59. The Hall–Kier alpha value is -0.400. The summed E-state index contributed by atoms with van der Waals surface area (Å²) in [4.78, 5) is 8.07. The van der Waals surface area contributed by atoms with Crippen LogP contribution in [0, 0.1) is 3.57 Å². The minimum absolute atomic E-state index is 0.651. The van der Waals surface area contributed by atoms with Crippen LogP contribution in [0.5, 0.6) is 0 Å². The van der Waals surface area contributed by atoms with E-state index in [0.717, 1.165) is 19.5 Å². The molecule has 0 saturated carbocycles. The molecule has 82 valence electrons. The molecule has 0 bridgehead atoms. The van der Waals surface area contributed by atoms with Crippen LogP contribution in [0.1, 0.15) is 0 Å². The van der Waals surface area contributed by atoms with Gasteiger partial charge < -0.3 is 5.32 Å². The van der Waals surface area contributed by atoms with Gasteiger partial charge in [-0.1, -0.05) is 27.5 Å². The second-order valence-corrected chi connectivity index (χ2v) is 5.45. The first-order chi connectivity index (χ1) is 7.66. The summed E-state index contributed by atoms with van der Waals surface area (Å²) in [5, 5.41) is 3.81. The number of hydrogen-bond donors (Lipinski definition) is 1. The summed E-state index contributed by atoms with van der Waals surface area (Å²) in [5.41, 5.74) is 0.813. The Bertz CT molecular complexity index is 521. The third-order valence-electron chi connectivity index (χ3n) is 1.85. The van der Waals surface area contributed by atoms with E-state index in [0.29, 0.717) is 5.02 Å². The zero-order valence-electron chi connectivity index (χ0n) is 7.92. The van der Waals surface area contributed by atoms with Gasteiger partial charge in [-0.15, -0.1) is 0 Å². The molecule has 2 rings (SSSR count). The van der Waals surface area contributed by atoms with Gasteiger partial charge in [0.25, 0.3) is 0 Å². The van der Waals surface area contributed by atoms with Crippen molar-refractivity contribution >= 4 is 61.6 Å². The van der Waals surface area contributed by atoms with Crippen molar-refractivity contribution < 1.29 is 0 Å². The number of halogens is 3. The molecule has 1 aromatic heterocycles. The molecule has 1 heterocycles. The predicted octanol–water partition coefficient (Wildman–Crippen LogP) is 4.24. The van der Waals surface area contributed by atoms with Gasteiger partial charge in [0, 0.05) is 10.7 Å². The second kappa shape index (κ2) is 5.29. The Morgan fingerprint density at radius 3 is 2.94 bits per heavy atom. The van der Waals surface area contributed by atoms with Crippen molar-refractivity contribution in [1.82, 2.24) is 9.97 Å². The largest absolute Gasteiger partial charge is 0.338 e. The fourth-order valence-electron chi connectivity index (χ4n) is 1.13. The average Bonchev–Trinajstić information content (AvgIpc) is 2.27. The van der Waals surface area contributed by atoms with Crippen molar-refractivity contribution in [1.29, 1.82) is 0 Å². The van der Waals surface area contributed by atoms with Crippen LogP contribution in [0.3, 0.4) is 0 Å². The van der Waals surface area contributed by atoms with Crippen LogP contribution in [-0.4, -0.2) is 9.97 Å². The number of nitrogens with zero attached hydrogens (tertiary/aromatic N) is 2. The summed E-state index contributed by atoms with van der Waals surface area (Å²) in [6, 6.07) is 5.61. The molecule has 0 atom stereocenters. The molecule has 0 unspecified atom stereocenters. The second-order valence-electron chi connectivity index (χ2n) is 2.97. The van der Waals surface area contributed by atoms with E-state index in [-0.39, 0.29) is 0 Å². The smallest absolute Gasteiger partial charge is 0.147 e. The lowest BCUT2D eigenvalue weighted by Crippen LogP contribution is -1.97. The molecule has 0 fully saturated rings. The van der Waals surface area contributed by atoms with Crippen LogP contribution in [-0.2, 0) is 0 Å². The van der Waals surface area contributed by atoms with E-state index < -0.39 is 0 Å². The fourth-order valence-corrected chi connectivity index (χ4v) is 2.09. The zero-order chi connectivity index (χ0) is 11.5. The number of nitrogens with one attached hydrogen (secondary N) is 1. The van der Waals surface area contributed by atoms with E-state index in [1.165, 1.54) is 6.33 Å². The highest BCUT2D eigenvalue weighted by atomic mass is 127. The van der Waals surface area contributed by atoms with Gasteiger partial charge in [0.1, 0.15) is 12.1 Å². The van der Waals surface area contributed by atoms with Gasteiger partial charge in [-0.2, -0.15) is 0 Å². The highest BCUT2D eigenvalue weighted by Crippen LogP contribution is 2.29. The van der Waals surface area contributed by atoms with Crippen molar-refractivity contribution in [3.8, 4) is 0 Å². The van der Waals surface area contributed by atoms with Crippen molar-refractivity contribution in [2.45, 2.75) is 0 Å². The van der Waals surface area contributed by atoms with Gasteiger partial charge in [-0.3, -0.25) is 0 Å². The quantitative estimate of drug-likeness (QED) is 0.753. The summed E-state index contributed by atoms with van der Waals surface area (Å²) in [7, 11) is 0. The molecule has 0 aliphatic heterocycles. The standard InChI is InChI=1S/C10H6BrClIN3/c11-6-1-2-7(12)9(3-6)16-10-8(13)4-14-5-15-10/h1-5H,(H,14,15,16). The van der Waals surface area contributed by atoms with Crippen LogP contribution < -0.4 is 5.32 Å². The molecule has 0 amide bonds. The minimum Gasteiger partial charge on any atom is -0.338 e. The van der Waals surface area contributed by atoms with Crippen molar-refractivity contribution in [2.75, 3.05) is 5.32 Å². The van der Waals surface area contributed by atoms with E-state index in [1.54, 1.807) is 6.20 Å².